The van der Waals surface area contributed by atoms with Gasteiger partial charge >= 0.3 is 0 Å². The monoisotopic (exact) mass is 268 g/mol. The Bertz CT molecular complexity index is 484. The lowest BCUT2D eigenvalue weighted by atomic mass is 10.1. The van der Waals surface area contributed by atoms with E-state index in [1.165, 1.54) is 17.0 Å². The van der Waals surface area contributed by atoms with E-state index < -0.39 is 11.7 Å². The molecule has 3 nitrogen and oxygen atoms in total. The standard InChI is InChI=1S/C13H14ClFN2O/c1-3-17(8-9(2)7-16)13(18)11-6-10(14)4-5-12(11)15/h4-6,9H,3,8H2,1-2H3/t9-/m0/s1. The van der Waals surface area contributed by atoms with Crippen LogP contribution in [-0.2, 0) is 0 Å². The Labute approximate surface area is 111 Å². The van der Waals surface area contributed by atoms with Crippen molar-refractivity contribution in [2.75, 3.05) is 13.1 Å². The van der Waals surface area contributed by atoms with Gasteiger partial charge in [0.1, 0.15) is 5.82 Å². The van der Waals surface area contributed by atoms with Gasteiger partial charge in [-0.1, -0.05) is 11.6 Å². The van der Waals surface area contributed by atoms with E-state index in [-0.39, 0.29) is 18.0 Å². The molecule has 1 rings (SSSR count). The molecule has 0 radical (unpaired) electrons. The number of carbonyl (C=O) groups is 1. The molecule has 0 aromatic heterocycles. The average Bonchev–Trinajstić information content (AvgIpc) is 2.37. The van der Waals surface area contributed by atoms with Crippen LogP contribution in [-0.4, -0.2) is 23.9 Å². The van der Waals surface area contributed by atoms with Gasteiger partial charge in [-0.05, 0) is 32.0 Å². The molecule has 96 valence electrons. The first-order chi connectivity index (χ1) is 8.49. The minimum absolute atomic E-state index is 0.0607. The fourth-order valence-corrected chi connectivity index (χ4v) is 1.73. The van der Waals surface area contributed by atoms with Crippen molar-refractivity contribution < 1.29 is 9.18 Å². The van der Waals surface area contributed by atoms with E-state index in [4.69, 9.17) is 16.9 Å². The summed E-state index contributed by atoms with van der Waals surface area (Å²) < 4.78 is 13.6. The fourth-order valence-electron chi connectivity index (χ4n) is 1.56. The summed E-state index contributed by atoms with van der Waals surface area (Å²) in [5.74, 6) is -1.34. The molecule has 0 fully saturated rings. The number of rotatable bonds is 4. The summed E-state index contributed by atoms with van der Waals surface area (Å²) in [5, 5.41) is 9.06. The molecule has 0 spiro atoms. The molecule has 0 aliphatic carbocycles. The van der Waals surface area contributed by atoms with Crippen LogP contribution in [0, 0.1) is 23.1 Å². The van der Waals surface area contributed by atoms with Crippen LogP contribution in [0.3, 0.4) is 0 Å². The topological polar surface area (TPSA) is 44.1 Å². The zero-order valence-electron chi connectivity index (χ0n) is 10.3. The van der Waals surface area contributed by atoms with E-state index in [1.807, 2.05) is 6.07 Å². The molecular formula is C13H14ClFN2O. The van der Waals surface area contributed by atoms with Crippen LogP contribution in [0.2, 0.25) is 5.02 Å². The highest BCUT2D eigenvalue weighted by molar-refractivity contribution is 6.30. The number of hydrogen-bond acceptors (Lipinski definition) is 2. The molecule has 0 N–H and O–H groups in total. The number of benzene rings is 1. The van der Waals surface area contributed by atoms with E-state index in [0.717, 1.165) is 6.07 Å². The van der Waals surface area contributed by atoms with Crippen LogP contribution in [0.4, 0.5) is 4.39 Å². The molecule has 0 aliphatic heterocycles. The second-order valence-electron chi connectivity index (χ2n) is 4.00. The summed E-state index contributed by atoms with van der Waals surface area (Å²) in [4.78, 5) is 13.6. The van der Waals surface area contributed by atoms with Crippen molar-refractivity contribution in [3.05, 3.63) is 34.6 Å². The van der Waals surface area contributed by atoms with Crippen molar-refractivity contribution in [2.45, 2.75) is 13.8 Å². The van der Waals surface area contributed by atoms with Crippen molar-refractivity contribution in [1.29, 1.82) is 5.26 Å². The number of hydrogen-bond donors (Lipinski definition) is 0. The predicted molar refractivity (Wildman–Crippen MR) is 67.8 cm³/mol. The first kappa shape index (κ1) is 14.5. The van der Waals surface area contributed by atoms with E-state index in [0.29, 0.717) is 11.6 Å². The summed E-state index contributed by atoms with van der Waals surface area (Å²) in [7, 11) is 0. The smallest absolute Gasteiger partial charge is 0.256 e. The Morgan fingerprint density at radius 2 is 2.28 bits per heavy atom. The van der Waals surface area contributed by atoms with Crippen LogP contribution in [0.1, 0.15) is 24.2 Å². The van der Waals surface area contributed by atoms with E-state index in [2.05, 4.69) is 0 Å². The molecule has 18 heavy (non-hydrogen) atoms. The van der Waals surface area contributed by atoms with Crippen molar-refractivity contribution in [3.8, 4) is 6.07 Å². The molecule has 1 atom stereocenters. The van der Waals surface area contributed by atoms with Gasteiger partial charge in [-0.25, -0.2) is 4.39 Å². The van der Waals surface area contributed by atoms with Gasteiger partial charge < -0.3 is 4.90 Å². The normalized spacial score (nSPS) is 11.7. The molecule has 1 amide bonds. The molecule has 5 heteroatoms. The molecule has 0 bridgehead atoms. The third-order valence-corrected chi connectivity index (χ3v) is 2.78. The number of nitrogens with zero attached hydrogens (tertiary/aromatic N) is 2. The molecule has 1 aromatic rings. The second kappa shape index (κ2) is 6.36. The third-order valence-electron chi connectivity index (χ3n) is 2.54. The zero-order chi connectivity index (χ0) is 13.7. The largest absolute Gasteiger partial charge is 0.338 e. The Morgan fingerprint density at radius 1 is 1.61 bits per heavy atom. The van der Waals surface area contributed by atoms with Crippen LogP contribution in [0.5, 0.6) is 0 Å². The van der Waals surface area contributed by atoms with Gasteiger partial charge in [-0.15, -0.1) is 0 Å². The number of amides is 1. The highest BCUT2D eigenvalue weighted by Gasteiger charge is 2.20. The van der Waals surface area contributed by atoms with Crippen LogP contribution >= 0.6 is 11.6 Å². The minimum atomic E-state index is -0.604. The van der Waals surface area contributed by atoms with Crippen molar-refractivity contribution in [3.63, 3.8) is 0 Å². The van der Waals surface area contributed by atoms with Crippen LogP contribution < -0.4 is 0 Å². The number of nitriles is 1. The van der Waals surface area contributed by atoms with Crippen molar-refractivity contribution in [2.24, 2.45) is 5.92 Å². The number of carbonyl (C=O) groups excluding carboxylic acids is 1. The van der Waals surface area contributed by atoms with Gasteiger partial charge in [-0.2, -0.15) is 5.26 Å². The van der Waals surface area contributed by atoms with Crippen molar-refractivity contribution >= 4 is 17.5 Å². The van der Waals surface area contributed by atoms with Gasteiger partial charge in [-0.3, -0.25) is 4.79 Å². The summed E-state index contributed by atoms with van der Waals surface area (Å²) in [6.45, 7) is 4.18. The van der Waals surface area contributed by atoms with Gasteiger partial charge in [0.15, 0.2) is 0 Å². The van der Waals surface area contributed by atoms with Crippen molar-refractivity contribution in [1.82, 2.24) is 4.90 Å². The van der Waals surface area contributed by atoms with Gasteiger partial charge in [0.25, 0.3) is 5.91 Å². The molecule has 1 aromatic carbocycles. The molecule has 0 aliphatic rings. The summed E-state index contributed by atoms with van der Waals surface area (Å²) >= 11 is 5.75. The predicted octanol–water partition coefficient (Wildman–Crippen LogP) is 3.10. The van der Waals surface area contributed by atoms with E-state index >= 15 is 0 Å². The zero-order valence-corrected chi connectivity index (χ0v) is 11.0. The first-order valence-electron chi connectivity index (χ1n) is 5.63. The maximum absolute atomic E-state index is 13.6. The Balaban J connectivity index is 2.97. The maximum atomic E-state index is 13.6. The lowest BCUT2D eigenvalue weighted by molar-refractivity contribution is 0.0748. The van der Waals surface area contributed by atoms with Gasteiger partial charge in [0.2, 0.25) is 0 Å². The third kappa shape index (κ3) is 3.44. The van der Waals surface area contributed by atoms with Crippen LogP contribution in [0.15, 0.2) is 18.2 Å². The summed E-state index contributed by atoms with van der Waals surface area (Å²) in [6, 6.07) is 5.91. The Hall–Kier alpha value is -1.60. The second-order valence-corrected chi connectivity index (χ2v) is 4.43. The Morgan fingerprint density at radius 3 is 2.83 bits per heavy atom. The minimum Gasteiger partial charge on any atom is -0.338 e. The summed E-state index contributed by atoms with van der Waals surface area (Å²) in [6.07, 6.45) is 0. The lowest BCUT2D eigenvalue weighted by Gasteiger charge is -2.22. The molecular weight excluding hydrogens is 255 g/mol. The lowest BCUT2D eigenvalue weighted by Crippen LogP contribution is -2.34. The average molecular weight is 269 g/mol. The van der Waals surface area contributed by atoms with Gasteiger partial charge in [0.05, 0.1) is 17.6 Å². The van der Waals surface area contributed by atoms with Crippen LogP contribution in [0.25, 0.3) is 0 Å². The molecule has 0 saturated heterocycles. The quantitative estimate of drug-likeness (QED) is 0.842. The maximum Gasteiger partial charge on any atom is 0.256 e. The number of halogens is 2. The highest BCUT2D eigenvalue weighted by atomic mass is 35.5. The fraction of sp³-hybridized carbons (Fsp3) is 0.385. The molecule has 0 heterocycles. The first-order valence-corrected chi connectivity index (χ1v) is 6.01. The highest BCUT2D eigenvalue weighted by Crippen LogP contribution is 2.17. The SMILES string of the molecule is CCN(C[C@@H](C)C#N)C(=O)c1cc(Cl)ccc1F. The molecule has 0 saturated carbocycles. The van der Waals surface area contributed by atoms with E-state index in [9.17, 15) is 9.18 Å². The molecule has 0 unspecified atom stereocenters. The van der Waals surface area contributed by atoms with Gasteiger partial charge in [0, 0.05) is 18.1 Å². The Kier molecular flexibility index (Phi) is 5.11. The van der Waals surface area contributed by atoms with E-state index in [1.54, 1.807) is 13.8 Å². The summed E-state index contributed by atoms with van der Waals surface area (Å²) in [5.41, 5.74) is -0.0607.